The van der Waals surface area contributed by atoms with Gasteiger partial charge in [0.15, 0.2) is 0 Å². The maximum absolute atomic E-state index is 4.79. The van der Waals surface area contributed by atoms with E-state index in [4.69, 9.17) is 4.98 Å². The van der Waals surface area contributed by atoms with Crippen molar-refractivity contribution in [2.75, 3.05) is 32.0 Å². The molecular formula is C17H23N5. The second-order valence-corrected chi connectivity index (χ2v) is 5.90. The predicted molar refractivity (Wildman–Crippen MR) is 87.9 cm³/mol. The highest BCUT2D eigenvalue weighted by atomic mass is 15.1. The molecule has 0 unspecified atom stereocenters. The van der Waals surface area contributed by atoms with Crippen LogP contribution in [-0.4, -0.2) is 46.5 Å². The van der Waals surface area contributed by atoms with Crippen molar-refractivity contribution in [1.29, 1.82) is 0 Å². The summed E-state index contributed by atoms with van der Waals surface area (Å²) >= 11 is 0. The van der Waals surface area contributed by atoms with Crippen molar-refractivity contribution in [1.82, 2.24) is 19.9 Å². The van der Waals surface area contributed by atoms with E-state index in [1.54, 1.807) is 12.4 Å². The van der Waals surface area contributed by atoms with E-state index in [9.17, 15) is 0 Å². The average Bonchev–Trinajstić information content (AvgIpc) is 2.57. The van der Waals surface area contributed by atoms with Crippen LogP contribution >= 0.6 is 0 Å². The summed E-state index contributed by atoms with van der Waals surface area (Å²) in [6.07, 6.45) is 8.50. The van der Waals surface area contributed by atoms with Crippen LogP contribution in [0.3, 0.4) is 0 Å². The minimum Gasteiger partial charge on any atom is -0.370 e. The van der Waals surface area contributed by atoms with Gasteiger partial charge in [-0.25, -0.2) is 4.98 Å². The van der Waals surface area contributed by atoms with Gasteiger partial charge in [0.25, 0.3) is 0 Å². The predicted octanol–water partition coefficient (Wildman–Crippen LogP) is 2.34. The summed E-state index contributed by atoms with van der Waals surface area (Å²) in [5.41, 5.74) is 2.22. The second kappa shape index (κ2) is 7.31. The molecule has 116 valence electrons. The van der Waals surface area contributed by atoms with Crippen LogP contribution in [0.1, 0.15) is 30.1 Å². The molecule has 0 saturated carbocycles. The van der Waals surface area contributed by atoms with Crippen molar-refractivity contribution in [2.45, 2.75) is 25.2 Å². The van der Waals surface area contributed by atoms with Crippen molar-refractivity contribution in [3.8, 4) is 0 Å². The van der Waals surface area contributed by atoms with Crippen LogP contribution < -0.4 is 5.32 Å². The molecule has 1 fully saturated rings. The molecule has 0 atom stereocenters. The van der Waals surface area contributed by atoms with Crippen molar-refractivity contribution in [2.24, 2.45) is 0 Å². The summed E-state index contributed by atoms with van der Waals surface area (Å²) < 4.78 is 0. The summed E-state index contributed by atoms with van der Waals surface area (Å²) in [5.74, 6) is 1.55. The van der Waals surface area contributed by atoms with Crippen LogP contribution in [0.5, 0.6) is 0 Å². The van der Waals surface area contributed by atoms with E-state index in [1.165, 1.54) is 18.5 Å². The quantitative estimate of drug-likeness (QED) is 0.918. The number of nitrogens with one attached hydrogen (secondary N) is 1. The van der Waals surface area contributed by atoms with E-state index in [0.717, 1.165) is 37.6 Å². The fraction of sp³-hybridized carbons (Fsp3) is 0.471. The molecule has 0 amide bonds. The van der Waals surface area contributed by atoms with Gasteiger partial charge in [0.1, 0.15) is 5.82 Å². The minimum absolute atomic E-state index is 0.595. The molecule has 5 heteroatoms. The van der Waals surface area contributed by atoms with E-state index in [1.807, 2.05) is 12.3 Å². The minimum atomic E-state index is 0.595. The molecule has 2 aromatic rings. The van der Waals surface area contributed by atoms with Gasteiger partial charge in [-0.05, 0) is 45.1 Å². The van der Waals surface area contributed by atoms with Crippen molar-refractivity contribution in [3.05, 3.63) is 48.2 Å². The van der Waals surface area contributed by atoms with Gasteiger partial charge >= 0.3 is 0 Å². The molecule has 5 nitrogen and oxygen atoms in total. The van der Waals surface area contributed by atoms with Crippen molar-refractivity contribution < 1.29 is 0 Å². The van der Waals surface area contributed by atoms with Gasteiger partial charge in [0.2, 0.25) is 0 Å². The number of hydrogen-bond acceptors (Lipinski definition) is 5. The molecule has 2 aromatic heterocycles. The Labute approximate surface area is 131 Å². The molecule has 1 aliphatic heterocycles. The lowest BCUT2D eigenvalue weighted by atomic mass is 9.93. The van der Waals surface area contributed by atoms with E-state index in [0.29, 0.717) is 5.92 Å². The summed E-state index contributed by atoms with van der Waals surface area (Å²) in [6, 6.07) is 6.30. The van der Waals surface area contributed by atoms with Gasteiger partial charge in [-0.2, -0.15) is 0 Å². The lowest BCUT2D eigenvalue weighted by Crippen LogP contribution is -2.29. The first-order chi connectivity index (χ1) is 10.8. The molecular weight excluding hydrogens is 274 g/mol. The summed E-state index contributed by atoms with van der Waals surface area (Å²) in [4.78, 5) is 15.5. The second-order valence-electron chi connectivity index (χ2n) is 5.90. The van der Waals surface area contributed by atoms with Gasteiger partial charge in [0, 0.05) is 43.2 Å². The summed E-state index contributed by atoms with van der Waals surface area (Å²) in [6.45, 7) is 3.15. The number of hydrogen-bond donors (Lipinski definition) is 1. The molecule has 3 rings (SSSR count). The Morgan fingerprint density at radius 3 is 2.86 bits per heavy atom. The van der Waals surface area contributed by atoms with Crippen LogP contribution in [0.15, 0.2) is 36.8 Å². The molecule has 1 N–H and O–H groups in total. The zero-order valence-electron chi connectivity index (χ0n) is 13.1. The van der Waals surface area contributed by atoms with Gasteiger partial charge in [-0.1, -0.05) is 6.07 Å². The zero-order chi connectivity index (χ0) is 15.2. The normalized spacial score (nSPS) is 16.6. The number of anilines is 1. The standard InChI is InChI=1S/C17H23N5/c1-22-11-6-14(7-12-22)16-3-2-4-17(21-16)20-8-5-15-13-18-9-10-19-15/h2-4,9-10,13-14H,5-8,11-12H2,1H3,(H,20,21). The van der Waals surface area contributed by atoms with Crippen LogP contribution in [0, 0.1) is 0 Å². The molecule has 1 saturated heterocycles. The largest absolute Gasteiger partial charge is 0.370 e. The SMILES string of the molecule is CN1CCC(c2cccc(NCCc3cnccn3)n2)CC1. The van der Waals surface area contributed by atoms with Gasteiger partial charge < -0.3 is 10.2 Å². The molecule has 0 aromatic carbocycles. The molecule has 0 radical (unpaired) electrons. The average molecular weight is 297 g/mol. The van der Waals surface area contributed by atoms with Gasteiger partial charge in [-0.15, -0.1) is 0 Å². The van der Waals surface area contributed by atoms with Gasteiger partial charge in [-0.3, -0.25) is 9.97 Å². The Morgan fingerprint density at radius 1 is 1.23 bits per heavy atom. The number of piperidine rings is 1. The van der Waals surface area contributed by atoms with Crippen molar-refractivity contribution >= 4 is 5.82 Å². The fourth-order valence-electron chi connectivity index (χ4n) is 2.86. The highest BCUT2D eigenvalue weighted by molar-refractivity contribution is 5.36. The maximum Gasteiger partial charge on any atom is 0.126 e. The lowest BCUT2D eigenvalue weighted by Gasteiger charge is -2.28. The van der Waals surface area contributed by atoms with E-state index in [2.05, 4.69) is 39.4 Å². The fourth-order valence-corrected chi connectivity index (χ4v) is 2.86. The molecule has 1 aliphatic rings. The van der Waals surface area contributed by atoms with Crippen molar-refractivity contribution in [3.63, 3.8) is 0 Å². The number of rotatable bonds is 5. The Kier molecular flexibility index (Phi) is 4.96. The lowest BCUT2D eigenvalue weighted by molar-refractivity contribution is 0.253. The summed E-state index contributed by atoms with van der Waals surface area (Å²) in [5, 5.41) is 3.39. The molecule has 0 spiro atoms. The number of pyridine rings is 1. The third kappa shape index (κ3) is 4.01. The molecule has 22 heavy (non-hydrogen) atoms. The summed E-state index contributed by atoms with van der Waals surface area (Å²) in [7, 11) is 2.19. The zero-order valence-corrected chi connectivity index (χ0v) is 13.1. The maximum atomic E-state index is 4.79. The first-order valence-electron chi connectivity index (χ1n) is 7.95. The van der Waals surface area contributed by atoms with E-state index in [-0.39, 0.29) is 0 Å². The van der Waals surface area contributed by atoms with Gasteiger partial charge in [0.05, 0.1) is 5.69 Å². The van der Waals surface area contributed by atoms with Crippen LogP contribution in [0.2, 0.25) is 0 Å². The first kappa shape index (κ1) is 14.9. The van der Waals surface area contributed by atoms with Crippen LogP contribution in [0.4, 0.5) is 5.82 Å². The highest BCUT2D eigenvalue weighted by Gasteiger charge is 2.19. The van der Waals surface area contributed by atoms with Crippen LogP contribution in [-0.2, 0) is 6.42 Å². The van der Waals surface area contributed by atoms with Crippen LogP contribution in [0.25, 0.3) is 0 Å². The molecule has 0 aliphatic carbocycles. The number of likely N-dealkylation sites (tertiary alicyclic amines) is 1. The first-order valence-corrected chi connectivity index (χ1v) is 7.95. The Hall–Kier alpha value is -2.01. The number of nitrogens with zero attached hydrogens (tertiary/aromatic N) is 4. The monoisotopic (exact) mass is 297 g/mol. The van der Waals surface area contributed by atoms with E-state index < -0.39 is 0 Å². The molecule has 3 heterocycles. The third-order valence-electron chi connectivity index (χ3n) is 4.21. The number of aromatic nitrogens is 3. The Balaban J connectivity index is 1.55. The molecule has 0 bridgehead atoms. The Morgan fingerprint density at radius 2 is 2.09 bits per heavy atom. The smallest absolute Gasteiger partial charge is 0.126 e. The Bertz CT molecular complexity index is 579. The third-order valence-corrected chi connectivity index (χ3v) is 4.21. The highest BCUT2D eigenvalue weighted by Crippen LogP contribution is 2.26. The van der Waals surface area contributed by atoms with E-state index >= 15 is 0 Å². The topological polar surface area (TPSA) is 53.9 Å².